The zero-order valence-corrected chi connectivity index (χ0v) is 14.9. The third-order valence-electron chi connectivity index (χ3n) is 5.04. The average molecular weight is 392 g/mol. The van der Waals surface area contributed by atoms with Crippen molar-refractivity contribution in [2.24, 2.45) is 0 Å². The molecule has 7 nitrogen and oxygen atoms in total. The van der Waals surface area contributed by atoms with Gasteiger partial charge in [0.05, 0.1) is 17.9 Å². The largest absolute Gasteiger partial charge is 0.419 e. The quantitative estimate of drug-likeness (QED) is 0.709. The normalized spacial score (nSPS) is 20.4. The fourth-order valence-electron chi connectivity index (χ4n) is 3.72. The molecular formula is C18H19F3N6O. The number of halogens is 3. The van der Waals surface area contributed by atoms with Crippen LogP contribution in [0.2, 0.25) is 0 Å². The number of hydrogen-bond acceptors (Lipinski definition) is 6. The molecule has 4 rings (SSSR count). The number of hydrogen-bond donors (Lipinski definition) is 2. The third kappa shape index (κ3) is 3.64. The lowest BCUT2D eigenvalue weighted by Crippen LogP contribution is -2.28. The van der Waals surface area contributed by atoms with Gasteiger partial charge in [0.1, 0.15) is 5.82 Å². The Morgan fingerprint density at radius 3 is 2.86 bits per heavy atom. The molecule has 1 aliphatic carbocycles. The van der Waals surface area contributed by atoms with Gasteiger partial charge < -0.3 is 10.4 Å². The molecule has 28 heavy (non-hydrogen) atoms. The monoisotopic (exact) mass is 392 g/mol. The molecule has 3 aromatic rings. The van der Waals surface area contributed by atoms with Crippen molar-refractivity contribution in [2.45, 2.75) is 50.4 Å². The van der Waals surface area contributed by atoms with Gasteiger partial charge in [0.2, 0.25) is 5.95 Å². The summed E-state index contributed by atoms with van der Waals surface area (Å²) in [5.74, 6) is 1.15. The topological polar surface area (TPSA) is 88.2 Å². The molecule has 0 amide bonds. The Morgan fingerprint density at radius 2 is 2.07 bits per heavy atom. The lowest BCUT2D eigenvalue weighted by molar-refractivity contribution is -0.139. The first kappa shape index (κ1) is 18.6. The summed E-state index contributed by atoms with van der Waals surface area (Å²) in [7, 11) is 0. The molecule has 148 valence electrons. The maximum atomic E-state index is 12.9. The van der Waals surface area contributed by atoms with E-state index >= 15 is 0 Å². The van der Waals surface area contributed by atoms with E-state index in [0.29, 0.717) is 6.20 Å². The lowest BCUT2D eigenvalue weighted by Gasteiger charge is -2.29. The number of pyridine rings is 1. The zero-order valence-electron chi connectivity index (χ0n) is 14.9. The van der Waals surface area contributed by atoms with E-state index in [0.717, 1.165) is 37.2 Å². The van der Waals surface area contributed by atoms with Gasteiger partial charge in [-0.05, 0) is 31.4 Å². The highest BCUT2D eigenvalue weighted by Gasteiger charge is 2.35. The molecule has 1 fully saturated rings. The number of aliphatic hydroxyl groups excluding tert-OH is 1. The van der Waals surface area contributed by atoms with Crippen LogP contribution >= 0.6 is 0 Å². The van der Waals surface area contributed by atoms with E-state index < -0.39 is 24.0 Å². The van der Waals surface area contributed by atoms with Gasteiger partial charge >= 0.3 is 6.18 Å². The molecule has 0 radical (unpaired) electrons. The molecule has 1 saturated carbocycles. The number of alkyl halides is 3. The van der Waals surface area contributed by atoms with Crippen LogP contribution in [0.15, 0.2) is 30.6 Å². The fraction of sp³-hybridized carbons (Fsp3) is 0.444. The Hall–Kier alpha value is -2.75. The van der Waals surface area contributed by atoms with E-state index in [9.17, 15) is 18.3 Å². The predicted octanol–water partition coefficient (Wildman–Crippen LogP) is 3.17. The Bertz CT molecular complexity index is 973. The second-order valence-corrected chi connectivity index (χ2v) is 6.90. The van der Waals surface area contributed by atoms with Gasteiger partial charge in [-0.3, -0.25) is 4.40 Å². The molecule has 3 heterocycles. The van der Waals surface area contributed by atoms with E-state index in [4.69, 9.17) is 0 Å². The van der Waals surface area contributed by atoms with Crippen molar-refractivity contribution in [3.05, 3.63) is 47.7 Å². The molecule has 0 aromatic carbocycles. The Labute approximate surface area is 158 Å². The molecule has 0 unspecified atom stereocenters. The van der Waals surface area contributed by atoms with Crippen molar-refractivity contribution < 1.29 is 18.3 Å². The molecule has 0 aliphatic heterocycles. The van der Waals surface area contributed by atoms with E-state index in [-0.39, 0.29) is 17.9 Å². The first-order chi connectivity index (χ1) is 13.5. The molecule has 0 saturated heterocycles. The molecular weight excluding hydrogens is 373 g/mol. The number of nitrogens with one attached hydrogen (secondary N) is 1. The van der Waals surface area contributed by atoms with Crippen LogP contribution in [0.4, 0.5) is 19.1 Å². The van der Waals surface area contributed by atoms with Crippen molar-refractivity contribution in [2.75, 3.05) is 5.32 Å². The van der Waals surface area contributed by atoms with Crippen molar-refractivity contribution in [1.82, 2.24) is 24.6 Å². The van der Waals surface area contributed by atoms with Crippen molar-refractivity contribution in [3.8, 4) is 0 Å². The number of anilines is 1. The zero-order chi connectivity index (χ0) is 19.7. The Balaban J connectivity index is 1.51. The second kappa shape index (κ2) is 7.34. The van der Waals surface area contributed by atoms with Gasteiger partial charge in [0, 0.05) is 24.4 Å². The van der Waals surface area contributed by atoms with Crippen molar-refractivity contribution in [3.63, 3.8) is 0 Å². The van der Waals surface area contributed by atoms with E-state index in [1.807, 2.05) is 28.8 Å². The Morgan fingerprint density at radius 1 is 1.21 bits per heavy atom. The van der Waals surface area contributed by atoms with Crippen LogP contribution in [-0.2, 0) is 12.8 Å². The van der Waals surface area contributed by atoms with E-state index in [1.54, 1.807) is 0 Å². The summed E-state index contributed by atoms with van der Waals surface area (Å²) in [5, 5.41) is 20.9. The highest BCUT2D eigenvalue weighted by Crippen LogP contribution is 2.34. The third-order valence-corrected chi connectivity index (χ3v) is 5.04. The molecule has 2 N–H and O–H groups in total. The maximum Gasteiger partial charge on any atom is 0.419 e. The summed E-state index contributed by atoms with van der Waals surface area (Å²) in [6.45, 7) is -0.801. The molecule has 0 bridgehead atoms. The van der Waals surface area contributed by atoms with Gasteiger partial charge in [-0.2, -0.15) is 13.2 Å². The molecule has 0 spiro atoms. The minimum absolute atomic E-state index is 0.00177. The summed E-state index contributed by atoms with van der Waals surface area (Å²) >= 11 is 0. The summed E-state index contributed by atoms with van der Waals surface area (Å²) in [6, 6.07) is 5.71. The minimum Gasteiger partial charge on any atom is -0.390 e. The minimum atomic E-state index is -4.60. The number of aromatic nitrogens is 5. The predicted molar refractivity (Wildman–Crippen MR) is 94.6 cm³/mol. The summed E-state index contributed by atoms with van der Waals surface area (Å²) < 4.78 is 40.8. The summed E-state index contributed by atoms with van der Waals surface area (Å²) in [6.07, 6.45) is 1.55. The van der Waals surface area contributed by atoms with Crippen molar-refractivity contribution >= 4 is 11.6 Å². The molecule has 1 aliphatic rings. The van der Waals surface area contributed by atoms with Crippen LogP contribution in [0, 0.1) is 0 Å². The van der Waals surface area contributed by atoms with Gasteiger partial charge in [-0.1, -0.05) is 12.5 Å². The van der Waals surface area contributed by atoms with Crippen LogP contribution in [-0.4, -0.2) is 35.7 Å². The van der Waals surface area contributed by atoms with Crippen LogP contribution in [0.1, 0.15) is 48.7 Å². The van der Waals surface area contributed by atoms with Gasteiger partial charge in [-0.15, -0.1) is 10.2 Å². The van der Waals surface area contributed by atoms with Gasteiger partial charge in [0.25, 0.3) is 0 Å². The van der Waals surface area contributed by atoms with Crippen LogP contribution < -0.4 is 5.32 Å². The number of aliphatic hydroxyl groups is 1. The number of nitrogens with zero attached hydrogens (tertiary/aromatic N) is 5. The average Bonchev–Trinajstić information content (AvgIpc) is 3.11. The van der Waals surface area contributed by atoms with Crippen LogP contribution in [0.5, 0.6) is 0 Å². The SMILES string of the molecule is OCc1nc(N[C@@H]2CCC[C@H](c3nnc4ccccn34)C2)ncc1C(F)(F)F. The molecule has 10 heteroatoms. The summed E-state index contributed by atoms with van der Waals surface area (Å²) in [4.78, 5) is 7.66. The van der Waals surface area contributed by atoms with Gasteiger partial charge in [0.15, 0.2) is 5.65 Å². The first-order valence-electron chi connectivity index (χ1n) is 9.06. The molecule has 3 aromatic heterocycles. The summed E-state index contributed by atoms with van der Waals surface area (Å²) in [5.41, 5.74) is -0.663. The first-order valence-corrected chi connectivity index (χ1v) is 9.06. The highest BCUT2D eigenvalue weighted by molar-refractivity contribution is 5.38. The highest BCUT2D eigenvalue weighted by atomic mass is 19.4. The second-order valence-electron chi connectivity index (χ2n) is 6.90. The van der Waals surface area contributed by atoms with E-state index in [2.05, 4.69) is 25.5 Å². The smallest absolute Gasteiger partial charge is 0.390 e. The van der Waals surface area contributed by atoms with Crippen LogP contribution in [0.25, 0.3) is 5.65 Å². The van der Waals surface area contributed by atoms with Crippen LogP contribution in [0.3, 0.4) is 0 Å². The Kier molecular flexibility index (Phi) is 4.88. The maximum absolute atomic E-state index is 12.9. The number of fused-ring (bicyclic) bond motifs is 1. The fourth-order valence-corrected chi connectivity index (χ4v) is 3.72. The standard InChI is InChI=1S/C18H19F3N6O/c19-18(20,21)13-9-22-17(24-14(13)10-28)23-12-5-3-4-11(8-12)16-26-25-15-6-1-2-7-27(15)16/h1-2,6-7,9,11-12,28H,3-5,8,10H2,(H,22,23,24)/t11-,12+/m0/s1. The lowest BCUT2D eigenvalue weighted by atomic mass is 9.85. The van der Waals surface area contributed by atoms with Gasteiger partial charge in [-0.25, -0.2) is 9.97 Å². The number of rotatable bonds is 4. The molecule has 2 atom stereocenters. The van der Waals surface area contributed by atoms with E-state index in [1.165, 1.54) is 0 Å². The van der Waals surface area contributed by atoms with Crippen molar-refractivity contribution in [1.29, 1.82) is 0 Å².